The fourth-order valence-electron chi connectivity index (χ4n) is 2.09. The van der Waals surface area contributed by atoms with E-state index in [1.54, 1.807) is 12.1 Å². The Morgan fingerprint density at radius 2 is 1.90 bits per heavy atom. The number of carbonyl (C=O) groups is 2. The van der Waals surface area contributed by atoms with Gasteiger partial charge in [-0.15, -0.1) is 0 Å². The van der Waals surface area contributed by atoms with E-state index in [4.69, 9.17) is 5.73 Å². The lowest BCUT2D eigenvalue weighted by atomic mass is 9.82. The van der Waals surface area contributed by atoms with Crippen molar-refractivity contribution in [3.63, 3.8) is 0 Å². The normalized spacial score (nSPS) is 11.2. The molecule has 1 aromatic rings. The smallest absolute Gasteiger partial charge is 0.311 e. The molecule has 5 heteroatoms. The average Bonchev–Trinajstić information content (AvgIpc) is 2.42. The molecule has 5 nitrogen and oxygen atoms in total. The highest BCUT2D eigenvalue weighted by Gasteiger charge is 2.35. The van der Waals surface area contributed by atoms with Crippen LogP contribution >= 0.6 is 0 Å². The van der Waals surface area contributed by atoms with Crippen LogP contribution in [0.15, 0.2) is 18.2 Å². The molecule has 0 unspecified atom stereocenters. The fourth-order valence-corrected chi connectivity index (χ4v) is 2.09. The monoisotopic (exact) mass is 278 g/mol. The van der Waals surface area contributed by atoms with Crippen molar-refractivity contribution in [1.29, 1.82) is 0 Å². The Bertz CT molecular complexity index is 508. The van der Waals surface area contributed by atoms with Crippen LogP contribution in [0.5, 0.6) is 0 Å². The summed E-state index contributed by atoms with van der Waals surface area (Å²) in [6, 6.07) is 5.20. The quantitative estimate of drug-likeness (QED) is 0.695. The number of carbonyl (C=O) groups excluding carboxylic acids is 1. The number of rotatable bonds is 6. The molecule has 0 heterocycles. The van der Waals surface area contributed by atoms with Crippen LogP contribution in [0.25, 0.3) is 0 Å². The van der Waals surface area contributed by atoms with Gasteiger partial charge in [0.1, 0.15) is 0 Å². The van der Waals surface area contributed by atoms with Gasteiger partial charge in [0.15, 0.2) is 0 Å². The second-order valence-corrected chi connectivity index (χ2v) is 5.07. The lowest BCUT2D eigenvalue weighted by Crippen LogP contribution is -2.42. The number of aryl methyl sites for hydroxylation is 1. The van der Waals surface area contributed by atoms with Gasteiger partial charge >= 0.3 is 5.97 Å². The van der Waals surface area contributed by atoms with Gasteiger partial charge in [-0.1, -0.05) is 25.5 Å². The summed E-state index contributed by atoms with van der Waals surface area (Å²) in [5, 5.41) is 12.0. The first kappa shape index (κ1) is 16.0. The average molecular weight is 278 g/mol. The number of hydrogen-bond donors (Lipinski definition) is 3. The number of hydrogen-bond acceptors (Lipinski definition) is 3. The molecule has 0 bridgehead atoms. The van der Waals surface area contributed by atoms with Gasteiger partial charge in [-0.2, -0.15) is 0 Å². The number of amides is 1. The van der Waals surface area contributed by atoms with Gasteiger partial charge in [0.25, 0.3) is 5.91 Å². The van der Waals surface area contributed by atoms with Gasteiger partial charge in [-0.05, 0) is 31.9 Å². The molecule has 1 aromatic carbocycles. The minimum Gasteiger partial charge on any atom is -0.481 e. The van der Waals surface area contributed by atoms with Gasteiger partial charge < -0.3 is 16.2 Å². The van der Waals surface area contributed by atoms with Crippen LogP contribution < -0.4 is 11.1 Å². The van der Waals surface area contributed by atoms with Crippen molar-refractivity contribution in [3.8, 4) is 0 Å². The second kappa shape index (κ2) is 6.41. The molecule has 0 saturated heterocycles. The Labute approximate surface area is 119 Å². The van der Waals surface area contributed by atoms with Crippen molar-refractivity contribution in [3.05, 3.63) is 29.3 Å². The van der Waals surface area contributed by atoms with Crippen LogP contribution in [0.1, 0.15) is 42.6 Å². The molecule has 0 spiro atoms. The summed E-state index contributed by atoms with van der Waals surface area (Å²) >= 11 is 0. The molecule has 0 aromatic heterocycles. The zero-order valence-corrected chi connectivity index (χ0v) is 12.2. The zero-order chi connectivity index (χ0) is 15.3. The van der Waals surface area contributed by atoms with Gasteiger partial charge in [0.2, 0.25) is 0 Å². The second-order valence-electron chi connectivity index (χ2n) is 5.07. The molecule has 0 fully saturated rings. The highest BCUT2D eigenvalue weighted by Crippen LogP contribution is 2.26. The van der Waals surface area contributed by atoms with Crippen molar-refractivity contribution >= 4 is 17.6 Å². The predicted octanol–water partition coefficient (Wildman–Crippen LogP) is 2.20. The first-order valence-electron chi connectivity index (χ1n) is 6.74. The molecule has 1 amide bonds. The Hall–Kier alpha value is -2.04. The van der Waals surface area contributed by atoms with Crippen molar-refractivity contribution < 1.29 is 14.7 Å². The Balaban J connectivity index is 2.86. The minimum absolute atomic E-state index is 0.0988. The van der Waals surface area contributed by atoms with E-state index in [2.05, 4.69) is 5.32 Å². The van der Waals surface area contributed by atoms with Gasteiger partial charge in [-0.25, -0.2) is 0 Å². The maximum atomic E-state index is 12.1. The van der Waals surface area contributed by atoms with Crippen molar-refractivity contribution in [2.45, 2.75) is 33.6 Å². The summed E-state index contributed by atoms with van der Waals surface area (Å²) in [6.07, 6.45) is 0.921. The van der Waals surface area contributed by atoms with E-state index in [-0.39, 0.29) is 12.5 Å². The number of nitrogen functional groups attached to an aromatic ring is 1. The zero-order valence-electron chi connectivity index (χ0n) is 12.2. The Kier molecular flexibility index (Phi) is 5.13. The third kappa shape index (κ3) is 3.29. The number of nitrogens with one attached hydrogen (secondary N) is 1. The summed E-state index contributed by atoms with van der Waals surface area (Å²) in [6.45, 7) is 5.59. The number of carboxylic acids is 1. The molecule has 4 N–H and O–H groups in total. The number of aliphatic carboxylic acids is 1. The molecule has 0 radical (unpaired) electrons. The first-order chi connectivity index (χ1) is 9.36. The number of carboxylic acid groups (broad SMARTS) is 1. The maximum Gasteiger partial charge on any atom is 0.311 e. The maximum absolute atomic E-state index is 12.1. The summed E-state index contributed by atoms with van der Waals surface area (Å²) in [7, 11) is 0. The molecule has 1 rings (SSSR count). The molecule has 0 saturated carbocycles. The lowest BCUT2D eigenvalue weighted by Gasteiger charge is -2.27. The molecular weight excluding hydrogens is 256 g/mol. The van der Waals surface area contributed by atoms with E-state index in [0.29, 0.717) is 24.1 Å². The van der Waals surface area contributed by atoms with Crippen molar-refractivity contribution in [2.75, 3.05) is 12.3 Å². The van der Waals surface area contributed by atoms with Gasteiger partial charge in [-0.3, -0.25) is 9.59 Å². The number of anilines is 1. The molecule has 110 valence electrons. The van der Waals surface area contributed by atoms with Crippen LogP contribution in [-0.2, 0) is 4.79 Å². The van der Waals surface area contributed by atoms with Crippen molar-refractivity contribution in [1.82, 2.24) is 5.32 Å². The topological polar surface area (TPSA) is 92.4 Å². The van der Waals surface area contributed by atoms with Gasteiger partial charge in [0.05, 0.1) is 11.0 Å². The van der Waals surface area contributed by atoms with Crippen LogP contribution in [0, 0.1) is 12.3 Å². The Morgan fingerprint density at radius 3 is 2.40 bits per heavy atom. The van der Waals surface area contributed by atoms with E-state index in [1.165, 1.54) is 0 Å². The van der Waals surface area contributed by atoms with E-state index < -0.39 is 11.4 Å². The van der Waals surface area contributed by atoms with Gasteiger partial charge in [0, 0.05) is 12.2 Å². The predicted molar refractivity (Wildman–Crippen MR) is 78.6 cm³/mol. The third-order valence-electron chi connectivity index (χ3n) is 3.85. The van der Waals surface area contributed by atoms with E-state index in [1.807, 2.05) is 26.8 Å². The summed E-state index contributed by atoms with van der Waals surface area (Å²) in [4.78, 5) is 23.5. The highest BCUT2D eigenvalue weighted by atomic mass is 16.4. The molecule has 0 aliphatic heterocycles. The molecule has 0 aliphatic carbocycles. The summed E-state index contributed by atoms with van der Waals surface area (Å²) < 4.78 is 0. The highest BCUT2D eigenvalue weighted by molar-refractivity contribution is 5.99. The minimum atomic E-state index is -0.922. The van der Waals surface area contributed by atoms with Crippen LogP contribution in [0.4, 0.5) is 5.69 Å². The summed E-state index contributed by atoms with van der Waals surface area (Å²) in [5.74, 6) is -1.22. The lowest BCUT2D eigenvalue weighted by molar-refractivity contribution is -0.149. The molecule has 20 heavy (non-hydrogen) atoms. The third-order valence-corrected chi connectivity index (χ3v) is 3.85. The van der Waals surface area contributed by atoms with Crippen LogP contribution in [-0.4, -0.2) is 23.5 Å². The first-order valence-corrected chi connectivity index (χ1v) is 6.74. The van der Waals surface area contributed by atoms with Crippen molar-refractivity contribution in [2.24, 2.45) is 5.41 Å². The standard InChI is InChI=1S/C15H22N2O3/c1-4-15(5-2,14(19)20)9-17-13(18)11-8-10(3)6-7-12(11)16/h6-8H,4-5,9,16H2,1-3H3,(H,17,18)(H,19,20). The molecular formula is C15H22N2O3. The van der Waals surface area contributed by atoms with Crippen LogP contribution in [0.2, 0.25) is 0 Å². The Morgan fingerprint density at radius 1 is 1.30 bits per heavy atom. The van der Waals surface area contributed by atoms with Crippen LogP contribution in [0.3, 0.4) is 0 Å². The van der Waals surface area contributed by atoms with E-state index in [9.17, 15) is 14.7 Å². The molecule has 0 aliphatic rings. The number of benzene rings is 1. The van der Waals surface area contributed by atoms with E-state index in [0.717, 1.165) is 5.56 Å². The SMILES string of the molecule is CCC(CC)(CNC(=O)c1cc(C)ccc1N)C(=O)O. The molecule has 0 atom stereocenters. The van der Waals surface area contributed by atoms with E-state index >= 15 is 0 Å². The fraction of sp³-hybridized carbons (Fsp3) is 0.467. The largest absolute Gasteiger partial charge is 0.481 e. The summed E-state index contributed by atoms with van der Waals surface area (Å²) in [5.41, 5.74) is 6.56. The number of nitrogens with two attached hydrogens (primary N) is 1.